The molecule has 0 saturated heterocycles. The number of carboxylic acid groups (broad SMARTS) is 1. The smallest absolute Gasteiger partial charge is 0.335 e. The largest absolute Gasteiger partial charge is 0.478 e. The molecular weight excluding hydrogens is 404 g/mol. The third-order valence-electron chi connectivity index (χ3n) is 5.95. The molecule has 0 radical (unpaired) electrons. The molecule has 32 heavy (non-hydrogen) atoms. The van der Waals surface area contributed by atoms with Crippen molar-refractivity contribution >= 4 is 28.6 Å². The highest BCUT2D eigenvalue weighted by atomic mass is 16.4. The third kappa shape index (κ3) is 3.73. The van der Waals surface area contributed by atoms with E-state index in [1.165, 1.54) is 12.8 Å². The van der Waals surface area contributed by atoms with Crippen molar-refractivity contribution in [3.63, 3.8) is 0 Å². The fourth-order valence-electron chi connectivity index (χ4n) is 4.38. The van der Waals surface area contributed by atoms with Gasteiger partial charge in [-0.1, -0.05) is 25.0 Å². The van der Waals surface area contributed by atoms with Gasteiger partial charge in [-0.25, -0.2) is 9.78 Å². The number of hydrogen-bond donors (Lipinski definition) is 2. The highest BCUT2D eigenvalue weighted by molar-refractivity contribution is 6.04. The highest BCUT2D eigenvalue weighted by Gasteiger charge is 2.24. The Morgan fingerprint density at radius 2 is 1.75 bits per heavy atom. The van der Waals surface area contributed by atoms with Crippen LogP contribution in [0.2, 0.25) is 0 Å². The fraction of sp³-hybridized carbons (Fsp3) is 0.200. The van der Waals surface area contributed by atoms with Crippen LogP contribution in [0.1, 0.15) is 52.4 Å². The average Bonchev–Trinajstić information content (AvgIpc) is 3.47. The number of rotatable bonds is 5. The van der Waals surface area contributed by atoms with Gasteiger partial charge < -0.3 is 15.0 Å². The first-order chi connectivity index (χ1) is 15.6. The number of hydrogen-bond acceptors (Lipinski definition) is 4. The number of carbonyl (C=O) groups excluding carboxylic acids is 1. The van der Waals surface area contributed by atoms with Crippen LogP contribution in [0.25, 0.3) is 22.4 Å². The van der Waals surface area contributed by atoms with Gasteiger partial charge in [0, 0.05) is 23.4 Å². The molecule has 5 rings (SSSR count). The molecule has 160 valence electrons. The zero-order chi connectivity index (χ0) is 22.1. The maximum atomic E-state index is 12.6. The minimum Gasteiger partial charge on any atom is -0.478 e. The summed E-state index contributed by atoms with van der Waals surface area (Å²) in [4.78, 5) is 32.8. The third-order valence-corrected chi connectivity index (χ3v) is 5.95. The number of carbonyl (C=O) groups is 2. The average molecular weight is 426 g/mol. The molecule has 1 aliphatic rings. The minimum atomic E-state index is -0.965. The Labute approximate surface area is 184 Å². The molecule has 1 fully saturated rings. The number of aromatic nitrogens is 3. The van der Waals surface area contributed by atoms with Crippen LogP contribution in [0.3, 0.4) is 0 Å². The molecule has 7 nitrogen and oxygen atoms in total. The van der Waals surface area contributed by atoms with Gasteiger partial charge in [0.15, 0.2) is 0 Å². The molecule has 0 spiro atoms. The van der Waals surface area contributed by atoms with Crippen molar-refractivity contribution in [2.45, 2.75) is 31.7 Å². The zero-order valence-corrected chi connectivity index (χ0v) is 17.4. The maximum Gasteiger partial charge on any atom is 0.335 e. The van der Waals surface area contributed by atoms with Gasteiger partial charge in [0.05, 0.1) is 28.5 Å². The van der Waals surface area contributed by atoms with E-state index in [0.717, 1.165) is 29.7 Å². The van der Waals surface area contributed by atoms with E-state index in [-0.39, 0.29) is 11.5 Å². The van der Waals surface area contributed by atoms with Crippen LogP contribution in [0.15, 0.2) is 67.0 Å². The highest BCUT2D eigenvalue weighted by Crippen LogP contribution is 2.37. The molecule has 1 aliphatic carbocycles. The Morgan fingerprint density at radius 3 is 2.44 bits per heavy atom. The Bertz CT molecular complexity index is 1290. The molecule has 7 heteroatoms. The van der Waals surface area contributed by atoms with Crippen LogP contribution in [-0.4, -0.2) is 31.5 Å². The predicted octanol–water partition coefficient (Wildman–Crippen LogP) is 5.16. The van der Waals surface area contributed by atoms with E-state index in [9.17, 15) is 14.7 Å². The second-order valence-electron chi connectivity index (χ2n) is 8.03. The van der Waals surface area contributed by atoms with Crippen molar-refractivity contribution in [2.75, 3.05) is 5.32 Å². The van der Waals surface area contributed by atoms with Gasteiger partial charge in [-0.05, 0) is 55.3 Å². The molecule has 0 bridgehead atoms. The maximum absolute atomic E-state index is 12.6. The fourth-order valence-corrected chi connectivity index (χ4v) is 4.38. The normalized spacial score (nSPS) is 14.0. The summed E-state index contributed by atoms with van der Waals surface area (Å²) in [5.74, 6) is -0.374. The van der Waals surface area contributed by atoms with E-state index in [4.69, 9.17) is 4.98 Å². The number of nitrogens with zero attached hydrogens (tertiary/aromatic N) is 3. The number of anilines is 1. The molecule has 2 aromatic carbocycles. The molecule has 2 N–H and O–H groups in total. The van der Waals surface area contributed by atoms with Crippen molar-refractivity contribution in [3.05, 3.63) is 78.1 Å². The second-order valence-corrected chi connectivity index (χ2v) is 8.03. The van der Waals surface area contributed by atoms with Gasteiger partial charge in [0.1, 0.15) is 5.82 Å². The summed E-state index contributed by atoms with van der Waals surface area (Å²) in [5.41, 5.74) is 3.90. The Balaban J connectivity index is 1.51. The van der Waals surface area contributed by atoms with E-state index in [1.54, 1.807) is 48.8 Å². The van der Waals surface area contributed by atoms with Crippen molar-refractivity contribution in [2.24, 2.45) is 0 Å². The van der Waals surface area contributed by atoms with Crippen LogP contribution >= 0.6 is 0 Å². The molecule has 2 aromatic heterocycles. The predicted molar refractivity (Wildman–Crippen MR) is 122 cm³/mol. The lowest BCUT2D eigenvalue weighted by Gasteiger charge is -2.16. The summed E-state index contributed by atoms with van der Waals surface area (Å²) in [6.45, 7) is 0. The first-order valence-electron chi connectivity index (χ1n) is 10.7. The van der Waals surface area contributed by atoms with Crippen LogP contribution in [0.4, 0.5) is 5.69 Å². The lowest BCUT2D eigenvalue weighted by molar-refractivity contribution is 0.0696. The number of carboxylic acids is 1. The molecule has 2 heterocycles. The van der Waals surface area contributed by atoms with Crippen molar-refractivity contribution in [1.29, 1.82) is 0 Å². The van der Waals surface area contributed by atoms with Gasteiger partial charge in [0.25, 0.3) is 5.91 Å². The molecule has 0 aliphatic heterocycles. The Hall–Kier alpha value is -4.00. The summed E-state index contributed by atoms with van der Waals surface area (Å²) in [5, 5.41) is 12.2. The van der Waals surface area contributed by atoms with Crippen molar-refractivity contribution in [1.82, 2.24) is 14.5 Å². The van der Waals surface area contributed by atoms with E-state index in [1.807, 2.05) is 18.2 Å². The molecule has 1 saturated carbocycles. The van der Waals surface area contributed by atoms with Crippen molar-refractivity contribution < 1.29 is 14.7 Å². The van der Waals surface area contributed by atoms with E-state index >= 15 is 0 Å². The molecular formula is C25H22N4O3. The molecule has 0 unspecified atom stereocenters. The van der Waals surface area contributed by atoms with Gasteiger partial charge in [0.2, 0.25) is 0 Å². The number of aromatic carboxylic acids is 1. The number of fused-ring (bicyclic) bond motifs is 1. The van der Waals surface area contributed by atoms with Crippen LogP contribution in [0, 0.1) is 0 Å². The summed E-state index contributed by atoms with van der Waals surface area (Å²) in [7, 11) is 0. The van der Waals surface area contributed by atoms with Gasteiger partial charge in [-0.2, -0.15) is 0 Å². The topological polar surface area (TPSA) is 97.1 Å². The monoisotopic (exact) mass is 426 g/mol. The summed E-state index contributed by atoms with van der Waals surface area (Å²) >= 11 is 0. The summed E-state index contributed by atoms with van der Waals surface area (Å²) in [6.07, 6.45) is 7.74. The second kappa shape index (κ2) is 8.26. The molecule has 1 amide bonds. The minimum absolute atomic E-state index is 0.208. The lowest BCUT2D eigenvalue weighted by Crippen LogP contribution is -2.12. The Morgan fingerprint density at radius 1 is 1.00 bits per heavy atom. The van der Waals surface area contributed by atoms with Crippen LogP contribution in [0.5, 0.6) is 0 Å². The van der Waals surface area contributed by atoms with Crippen LogP contribution in [-0.2, 0) is 0 Å². The van der Waals surface area contributed by atoms with E-state index in [0.29, 0.717) is 22.8 Å². The lowest BCUT2D eigenvalue weighted by atomic mass is 10.1. The number of imidazole rings is 1. The molecule has 0 atom stereocenters. The quantitative estimate of drug-likeness (QED) is 0.459. The first-order valence-corrected chi connectivity index (χ1v) is 10.7. The number of benzene rings is 2. The van der Waals surface area contributed by atoms with Gasteiger partial charge >= 0.3 is 5.97 Å². The Kier molecular flexibility index (Phi) is 5.15. The van der Waals surface area contributed by atoms with Gasteiger partial charge in [-0.15, -0.1) is 0 Å². The molecule has 4 aromatic rings. The SMILES string of the molecule is O=C(O)c1ccc2c(c1)nc(-c1ccc(C(=O)Nc3cccnc3)cc1)n2C1CCCC1. The van der Waals surface area contributed by atoms with E-state index in [2.05, 4.69) is 14.9 Å². The van der Waals surface area contributed by atoms with E-state index < -0.39 is 5.97 Å². The van der Waals surface area contributed by atoms with Crippen molar-refractivity contribution in [3.8, 4) is 11.4 Å². The number of amides is 1. The first kappa shape index (κ1) is 19.9. The standard InChI is InChI=1S/C25H22N4O3/c30-24(27-19-4-3-13-26-15-19)17-9-7-16(8-10-17)23-28-21-14-18(25(31)32)11-12-22(21)29(23)20-5-1-2-6-20/h3-4,7-15,20H,1-2,5-6H2,(H,27,30)(H,31,32). The van der Waals surface area contributed by atoms with Crippen LogP contribution < -0.4 is 5.32 Å². The summed E-state index contributed by atoms with van der Waals surface area (Å²) in [6, 6.07) is 16.3. The summed E-state index contributed by atoms with van der Waals surface area (Å²) < 4.78 is 2.23. The number of pyridine rings is 1. The zero-order valence-electron chi connectivity index (χ0n) is 17.4. The van der Waals surface area contributed by atoms with Gasteiger partial charge in [-0.3, -0.25) is 9.78 Å². The number of nitrogens with one attached hydrogen (secondary N) is 1.